The van der Waals surface area contributed by atoms with Gasteiger partial charge in [-0.2, -0.15) is 10.2 Å². The minimum absolute atomic E-state index is 0.0653. The zero-order chi connectivity index (χ0) is 41.7. The van der Waals surface area contributed by atoms with Gasteiger partial charge in [-0.15, -0.1) is 0 Å². The number of rotatable bonds is 8. The summed E-state index contributed by atoms with van der Waals surface area (Å²) in [5.41, 5.74) is 24.9. The Kier molecular flexibility index (Phi) is 11.1. The summed E-state index contributed by atoms with van der Waals surface area (Å²) in [6.07, 6.45) is 19.2. The lowest BCUT2D eigenvalue weighted by molar-refractivity contribution is 0.318. The van der Waals surface area contributed by atoms with Gasteiger partial charge in [0.15, 0.2) is 17.1 Å². The third kappa shape index (κ3) is 8.35. The number of amidine groups is 2. The van der Waals surface area contributed by atoms with E-state index in [1.807, 2.05) is 90.2 Å². The molecule has 8 aromatic rings. The summed E-state index contributed by atoms with van der Waals surface area (Å²) in [4.78, 5) is 14.3. The monoisotopic (exact) mass is 808 g/mol. The molecule has 6 N–H and O–H groups in total. The average Bonchev–Trinajstić information content (AvgIpc) is 3.96. The van der Waals surface area contributed by atoms with E-state index < -0.39 is 0 Å². The van der Waals surface area contributed by atoms with Gasteiger partial charge in [0.25, 0.3) is 0 Å². The van der Waals surface area contributed by atoms with Gasteiger partial charge in [0.05, 0.1) is 12.4 Å². The van der Waals surface area contributed by atoms with E-state index in [2.05, 4.69) is 83.7 Å². The first-order valence-corrected chi connectivity index (χ1v) is 20.8. The average molecular weight is 809 g/mol. The second-order valence-corrected chi connectivity index (χ2v) is 15.6. The predicted molar refractivity (Wildman–Crippen MR) is 243 cm³/mol. The molecule has 4 aromatic heterocycles. The largest absolute Gasteiger partial charge is 0.409 e. The second kappa shape index (κ2) is 17.4. The summed E-state index contributed by atoms with van der Waals surface area (Å²) in [6.45, 7) is 4.58. The maximum atomic E-state index is 8.82. The summed E-state index contributed by atoms with van der Waals surface area (Å²) in [6, 6.07) is 32.5. The van der Waals surface area contributed by atoms with Crippen LogP contribution in [-0.4, -0.2) is 72.3 Å². The molecule has 4 aromatic carbocycles. The topological polar surface area (TPSA) is 175 Å². The highest BCUT2D eigenvalue weighted by atomic mass is 16.4. The maximum absolute atomic E-state index is 8.82. The standard InChI is InChI=1S/C24H24N6O.C24H24N6/c25-23(28-31)19-6-4-18(5-7-19)22-15-27-30-16-20(14-26-24(22)30)17-8-10-21(11-9-17)29-12-2-1-3-13-29;25-23(26)19-6-4-18(5-7-19)22-15-28-30-16-20(14-27-24(22)30)17-8-10-21(11-9-17)29-12-2-1-3-13-29/h4-11,14-16,31H,1-3,12-13H2,(H2,25,28);4-11,14-16H,1-3,12-13H2,(H3,25,26). The number of oxime groups is 1. The zero-order valence-electron chi connectivity index (χ0n) is 33.9. The fraction of sp³-hybridized carbons (Fsp3) is 0.208. The van der Waals surface area contributed by atoms with E-state index in [-0.39, 0.29) is 11.7 Å². The number of nitrogens with one attached hydrogen (secondary N) is 1. The van der Waals surface area contributed by atoms with Gasteiger partial charge >= 0.3 is 0 Å². The van der Waals surface area contributed by atoms with Crippen molar-refractivity contribution in [2.75, 3.05) is 36.0 Å². The maximum Gasteiger partial charge on any atom is 0.170 e. The number of aromatic nitrogens is 6. The Hall–Kier alpha value is -7.54. The fourth-order valence-corrected chi connectivity index (χ4v) is 8.20. The molecule has 10 rings (SSSR count). The van der Waals surface area contributed by atoms with Gasteiger partial charge in [-0.25, -0.2) is 19.0 Å². The minimum Gasteiger partial charge on any atom is -0.409 e. The molecule has 0 amide bonds. The number of nitrogen functional groups attached to an aromatic ring is 1. The van der Waals surface area contributed by atoms with Crippen molar-refractivity contribution in [2.24, 2.45) is 16.6 Å². The third-order valence-corrected chi connectivity index (χ3v) is 11.7. The summed E-state index contributed by atoms with van der Waals surface area (Å²) in [7, 11) is 0. The molecule has 2 aliphatic heterocycles. The molecule has 0 aliphatic carbocycles. The summed E-state index contributed by atoms with van der Waals surface area (Å²) in [5.74, 6) is 0.149. The van der Waals surface area contributed by atoms with Crippen molar-refractivity contribution >= 4 is 34.3 Å². The van der Waals surface area contributed by atoms with E-state index in [1.54, 1.807) is 4.52 Å². The van der Waals surface area contributed by atoms with Crippen LogP contribution in [0.5, 0.6) is 0 Å². The second-order valence-electron chi connectivity index (χ2n) is 15.6. The molecule has 61 heavy (non-hydrogen) atoms. The van der Waals surface area contributed by atoms with Crippen LogP contribution >= 0.6 is 0 Å². The smallest absolute Gasteiger partial charge is 0.170 e. The van der Waals surface area contributed by atoms with Gasteiger partial charge < -0.3 is 26.5 Å². The number of fused-ring (bicyclic) bond motifs is 2. The number of piperidine rings is 2. The van der Waals surface area contributed by atoms with E-state index in [0.717, 1.165) is 82.0 Å². The number of nitrogens with zero attached hydrogens (tertiary/aromatic N) is 9. The van der Waals surface area contributed by atoms with E-state index in [4.69, 9.17) is 22.1 Å². The molecule has 6 heterocycles. The van der Waals surface area contributed by atoms with Crippen molar-refractivity contribution < 1.29 is 5.21 Å². The van der Waals surface area contributed by atoms with Crippen LogP contribution in [0.2, 0.25) is 0 Å². The van der Waals surface area contributed by atoms with Crippen LogP contribution < -0.4 is 21.3 Å². The van der Waals surface area contributed by atoms with Crippen LogP contribution in [0, 0.1) is 5.41 Å². The molecule has 0 spiro atoms. The Morgan fingerprint density at radius 3 is 1.28 bits per heavy atom. The van der Waals surface area contributed by atoms with Gasteiger partial charge in [0, 0.05) is 95.7 Å². The Morgan fingerprint density at radius 1 is 0.492 bits per heavy atom. The number of hydrogen-bond acceptors (Lipinski definition) is 9. The van der Waals surface area contributed by atoms with Gasteiger partial charge in [-0.05, 0) is 85.0 Å². The molecule has 2 aliphatic rings. The SMILES string of the molecule is N/C(=N/O)c1ccc(-c2cnn3cc(-c4ccc(N5CCCCC5)cc4)cnc23)cc1.N=C(N)c1ccc(-c2cnn3cc(-c4ccc(N5CCCCC5)cc4)cnc23)cc1. The first-order valence-electron chi connectivity index (χ1n) is 20.8. The first kappa shape index (κ1) is 38.9. The molecule has 0 radical (unpaired) electrons. The van der Waals surface area contributed by atoms with Gasteiger partial charge in [-0.1, -0.05) is 78.0 Å². The lowest BCUT2D eigenvalue weighted by Gasteiger charge is -2.28. The summed E-state index contributed by atoms with van der Waals surface area (Å²) in [5, 5.41) is 28.4. The fourth-order valence-electron chi connectivity index (χ4n) is 8.20. The number of anilines is 2. The molecule has 13 nitrogen and oxygen atoms in total. The molecule has 2 saturated heterocycles. The molecule has 13 heteroatoms. The molecular weight excluding hydrogens is 761 g/mol. The van der Waals surface area contributed by atoms with Crippen molar-refractivity contribution in [3.05, 3.63) is 145 Å². The third-order valence-electron chi connectivity index (χ3n) is 11.7. The van der Waals surface area contributed by atoms with E-state index in [1.165, 1.54) is 49.9 Å². The van der Waals surface area contributed by atoms with Crippen molar-refractivity contribution in [3.8, 4) is 44.5 Å². The molecule has 0 atom stereocenters. The zero-order valence-corrected chi connectivity index (χ0v) is 33.9. The molecule has 306 valence electrons. The lowest BCUT2D eigenvalue weighted by atomic mass is 10.1. The van der Waals surface area contributed by atoms with Crippen LogP contribution in [0.1, 0.15) is 49.7 Å². The highest BCUT2D eigenvalue weighted by Crippen LogP contribution is 2.30. The van der Waals surface area contributed by atoms with Crippen molar-refractivity contribution in [1.29, 1.82) is 5.41 Å². The van der Waals surface area contributed by atoms with E-state index in [9.17, 15) is 0 Å². The number of nitrogens with two attached hydrogens (primary N) is 2. The van der Waals surface area contributed by atoms with Gasteiger partial charge in [-0.3, -0.25) is 5.41 Å². The van der Waals surface area contributed by atoms with Gasteiger partial charge in [0.2, 0.25) is 0 Å². The first-order chi connectivity index (χ1) is 29.9. The quantitative estimate of drug-likeness (QED) is 0.0508. The van der Waals surface area contributed by atoms with Crippen molar-refractivity contribution in [2.45, 2.75) is 38.5 Å². The number of benzene rings is 4. The van der Waals surface area contributed by atoms with Gasteiger partial charge in [0.1, 0.15) is 5.84 Å². The van der Waals surface area contributed by atoms with Crippen LogP contribution in [0.4, 0.5) is 11.4 Å². The Morgan fingerprint density at radius 2 is 0.885 bits per heavy atom. The molecule has 2 fully saturated rings. The highest BCUT2D eigenvalue weighted by Gasteiger charge is 2.15. The molecule has 0 unspecified atom stereocenters. The normalized spacial score (nSPS) is 14.5. The number of hydrogen-bond donors (Lipinski definition) is 4. The highest BCUT2D eigenvalue weighted by molar-refractivity contribution is 5.97. The van der Waals surface area contributed by atoms with Crippen molar-refractivity contribution in [3.63, 3.8) is 0 Å². The minimum atomic E-state index is 0.0653. The summed E-state index contributed by atoms with van der Waals surface area (Å²) < 4.78 is 3.63. The van der Waals surface area contributed by atoms with Crippen molar-refractivity contribution in [1.82, 2.24) is 29.2 Å². The Labute approximate surface area is 354 Å². The van der Waals surface area contributed by atoms with E-state index in [0.29, 0.717) is 11.1 Å². The predicted octanol–water partition coefficient (Wildman–Crippen LogP) is 8.49. The lowest BCUT2D eigenvalue weighted by Crippen LogP contribution is -2.29. The molecule has 0 saturated carbocycles. The van der Waals surface area contributed by atoms with Crippen LogP contribution in [0.15, 0.2) is 139 Å². The Bertz CT molecular complexity index is 2800. The Balaban J connectivity index is 0.000000156. The van der Waals surface area contributed by atoms with Crippen LogP contribution in [-0.2, 0) is 0 Å². The molecular formula is C48H48N12O. The molecule has 0 bridgehead atoms. The van der Waals surface area contributed by atoms with E-state index >= 15 is 0 Å². The van der Waals surface area contributed by atoms with Crippen LogP contribution in [0.3, 0.4) is 0 Å². The summed E-state index contributed by atoms with van der Waals surface area (Å²) >= 11 is 0. The van der Waals surface area contributed by atoms with Crippen LogP contribution in [0.25, 0.3) is 55.8 Å².